The molecule has 0 bridgehead atoms. The topological polar surface area (TPSA) is 80.3 Å². The van der Waals surface area contributed by atoms with Crippen molar-refractivity contribution < 1.29 is 13.2 Å². The van der Waals surface area contributed by atoms with Gasteiger partial charge < -0.3 is 10.1 Å². The van der Waals surface area contributed by atoms with Gasteiger partial charge >= 0.3 is 0 Å². The average molecular weight is 315 g/mol. The molecule has 1 aromatic heterocycles. The van der Waals surface area contributed by atoms with Crippen LogP contribution in [-0.4, -0.2) is 39.7 Å². The molecule has 6 nitrogen and oxygen atoms in total. The van der Waals surface area contributed by atoms with E-state index in [1.165, 1.54) is 6.07 Å². The van der Waals surface area contributed by atoms with Crippen LogP contribution in [0.5, 0.6) is 0 Å². The standard InChI is InChI=1S/C14H25N3O3S/c1-4-6-13(11-20-3)17-21(18,19)14-8-7-12(10-16-14)9-15-5-2/h7-8,10,13,15,17H,4-6,9,11H2,1-3H3. The van der Waals surface area contributed by atoms with Gasteiger partial charge in [-0.1, -0.05) is 26.3 Å². The van der Waals surface area contributed by atoms with Crippen LogP contribution in [0.1, 0.15) is 32.3 Å². The van der Waals surface area contributed by atoms with Gasteiger partial charge in [-0.15, -0.1) is 0 Å². The van der Waals surface area contributed by atoms with Crippen LogP contribution in [0.3, 0.4) is 0 Å². The molecular weight excluding hydrogens is 290 g/mol. The van der Waals surface area contributed by atoms with E-state index in [1.54, 1.807) is 19.4 Å². The molecule has 1 heterocycles. The molecule has 7 heteroatoms. The minimum atomic E-state index is -3.60. The Morgan fingerprint density at radius 3 is 2.62 bits per heavy atom. The van der Waals surface area contributed by atoms with Crippen molar-refractivity contribution in [2.45, 2.75) is 44.3 Å². The fourth-order valence-electron chi connectivity index (χ4n) is 1.95. The molecule has 1 unspecified atom stereocenters. The largest absolute Gasteiger partial charge is 0.383 e. The predicted octanol–water partition coefficient (Wildman–Crippen LogP) is 1.28. The minimum Gasteiger partial charge on any atom is -0.383 e. The lowest BCUT2D eigenvalue weighted by atomic mass is 10.2. The van der Waals surface area contributed by atoms with Crippen LogP contribution in [0.2, 0.25) is 0 Å². The fourth-order valence-corrected chi connectivity index (χ4v) is 3.13. The van der Waals surface area contributed by atoms with Crippen LogP contribution in [0, 0.1) is 0 Å². The van der Waals surface area contributed by atoms with Crippen LogP contribution < -0.4 is 10.0 Å². The summed E-state index contributed by atoms with van der Waals surface area (Å²) in [5, 5.41) is 3.21. The first-order valence-electron chi connectivity index (χ1n) is 7.20. The number of nitrogens with zero attached hydrogens (tertiary/aromatic N) is 1. The number of rotatable bonds is 10. The zero-order valence-corrected chi connectivity index (χ0v) is 13.7. The molecule has 0 spiro atoms. The summed E-state index contributed by atoms with van der Waals surface area (Å²) >= 11 is 0. The molecular formula is C14H25N3O3S. The molecule has 0 saturated heterocycles. The Balaban J connectivity index is 2.76. The summed E-state index contributed by atoms with van der Waals surface area (Å²) in [6.07, 6.45) is 3.19. The molecule has 1 atom stereocenters. The van der Waals surface area contributed by atoms with Crippen molar-refractivity contribution in [2.24, 2.45) is 0 Å². The second-order valence-corrected chi connectivity index (χ2v) is 6.51. The third-order valence-electron chi connectivity index (χ3n) is 2.98. The molecule has 120 valence electrons. The normalized spacial score (nSPS) is 13.3. The first-order chi connectivity index (χ1) is 10.0. The molecule has 0 amide bonds. The van der Waals surface area contributed by atoms with Crippen molar-refractivity contribution in [3.63, 3.8) is 0 Å². The molecule has 1 rings (SSSR count). The van der Waals surface area contributed by atoms with Crippen LogP contribution >= 0.6 is 0 Å². The highest BCUT2D eigenvalue weighted by Gasteiger charge is 2.20. The van der Waals surface area contributed by atoms with Crippen LogP contribution in [0.15, 0.2) is 23.4 Å². The lowest BCUT2D eigenvalue weighted by Gasteiger charge is -2.16. The van der Waals surface area contributed by atoms with E-state index >= 15 is 0 Å². The summed E-state index contributed by atoms with van der Waals surface area (Å²) in [6.45, 7) is 5.91. The summed E-state index contributed by atoms with van der Waals surface area (Å²) < 4.78 is 32.2. The summed E-state index contributed by atoms with van der Waals surface area (Å²) in [5.41, 5.74) is 0.956. The third-order valence-corrected chi connectivity index (χ3v) is 4.41. The van der Waals surface area contributed by atoms with Gasteiger partial charge in [0.2, 0.25) is 0 Å². The van der Waals surface area contributed by atoms with Gasteiger partial charge in [0.15, 0.2) is 5.03 Å². The molecule has 1 aromatic rings. The van der Waals surface area contributed by atoms with E-state index in [2.05, 4.69) is 15.0 Å². The second kappa shape index (κ2) is 9.09. The van der Waals surface area contributed by atoms with Gasteiger partial charge in [0.05, 0.1) is 6.61 Å². The summed E-state index contributed by atoms with van der Waals surface area (Å²) in [6, 6.07) is 3.08. The Morgan fingerprint density at radius 2 is 2.10 bits per heavy atom. The quantitative estimate of drug-likeness (QED) is 0.680. The molecule has 0 fully saturated rings. The molecule has 0 aromatic carbocycles. The van der Waals surface area contributed by atoms with Gasteiger partial charge in [-0.3, -0.25) is 0 Å². The highest BCUT2D eigenvalue weighted by atomic mass is 32.2. The Labute approximate surface area is 127 Å². The molecule has 0 saturated carbocycles. The third kappa shape index (κ3) is 6.09. The highest BCUT2D eigenvalue weighted by Crippen LogP contribution is 2.09. The van der Waals surface area contributed by atoms with E-state index in [0.717, 1.165) is 24.9 Å². The molecule has 0 aliphatic heterocycles. The molecule has 0 radical (unpaired) electrons. The fraction of sp³-hybridized carbons (Fsp3) is 0.643. The van der Waals surface area contributed by atoms with Crippen molar-refractivity contribution in [1.82, 2.24) is 15.0 Å². The minimum absolute atomic E-state index is 0.0416. The van der Waals surface area contributed by atoms with Crippen molar-refractivity contribution >= 4 is 10.0 Å². The average Bonchev–Trinajstić information content (AvgIpc) is 2.46. The van der Waals surface area contributed by atoms with E-state index in [1.807, 2.05) is 13.8 Å². The monoisotopic (exact) mass is 315 g/mol. The maximum Gasteiger partial charge on any atom is 0.258 e. The second-order valence-electron chi connectivity index (χ2n) is 4.85. The Hall–Kier alpha value is -1.02. The number of pyridine rings is 1. The first kappa shape index (κ1) is 18.0. The van der Waals surface area contributed by atoms with Gasteiger partial charge in [0.1, 0.15) is 0 Å². The van der Waals surface area contributed by atoms with Crippen LogP contribution in [0.25, 0.3) is 0 Å². The Morgan fingerprint density at radius 1 is 1.33 bits per heavy atom. The van der Waals surface area contributed by atoms with Gasteiger partial charge in [-0.25, -0.2) is 18.1 Å². The van der Waals surface area contributed by atoms with Gasteiger partial charge in [-0.05, 0) is 24.6 Å². The molecule has 2 N–H and O–H groups in total. The number of hydrogen-bond donors (Lipinski definition) is 2. The van der Waals surface area contributed by atoms with Crippen molar-refractivity contribution in [2.75, 3.05) is 20.3 Å². The summed E-state index contributed by atoms with van der Waals surface area (Å²) in [5.74, 6) is 0. The van der Waals surface area contributed by atoms with Gasteiger partial charge in [-0.2, -0.15) is 0 Å². The van der Waals surface area contributed by atoms with Gasteiger partial charge in [0.25, 0.3) is 10.0 Å². The van der Waals surface area contributed by atoms with E-state index in [4.69, 9.17) is 4.74 Å². The van der Waals surface area contributed by atoms with Crippen LogP contribution in [-0.2, 0) is 21.3 Å². The number of aromatic nitrogens is 1. The van der Waals surface area contributed by atoms with E-state index in [-0.39, 0.29) is 11.1 Å². The Kier molecular flexibility index (Phi) is 7.81. The van der Waals surface area contributed by atoms with E-state index < -0.39 is 10.0 Å². The highest BCUT2D eigenvalue weighted by molar-refractivity contribution is 7.89. The molecule has 0 aliphatic carbocycles. The zero-order valence-electron chi connectivity index (χ0n) is 12.9. The van der Waals surface area contributed by atoms with Crippen molar-refractivity contribution in [3.8, 4) is 0 Å². The molecule has 0 aliphatic rings. The van der Waals surface area contributed by atoms with Gasteiger partial charge in [0, 0.05) is 25.9 Å². The van der Waals surface area contributed by atoms with E-state index in [0.29, 0.717) is 13.2 Å². The lowest BCUT2D eigenvalue weighted by Crippen LogP contribution is -2.38. The lowest BCUT2D eigenvalue weighted by molar-refractivity contribution is 0.171. The SMILES string of the molecule is CCCC(COC)NS(=O)(=O)c1ccc(CNCC)cn1. The first-order valence-corrected chi connectivity index (χ1v) is 8.68. The van der Waals surface area contributed by atoms with Crippen LogP contribution in [0.4, 0.5) is 0 Å². The Bertz CT molecular complexity index is 497. The van der Waals surface area contributed by atoms with E-state index in [9.17, 15) is 8.42 Å². The number of sulfonamides is 1. The molecule has 21 heavy (non-hydrogen) atoms. The predicted molar refractivity (Wildman–Crippen MR) is 82.5 cm³/mol. The number of ether oxygens (including phenoxy) is 1. The zero-order chi connectivity index (χ0) is 15.7. The maximum absolute atomic E-state index is 12.3. The number of nitrogens with one attached hydrogen (secondary N) is 2. The number of hydrogen-bond acceptors (Lipinski definition) is 5. The van der Waals surface area contributed by atoms with Crippen molar-refractivity contribution in [3.05, 3.63) is 23.9 Å². The summed E-state index contributed by atoms with van der Waals surface area (Å²) in [7, 11) is -2.04. The number of methoxy groups -OCH3 is 1. The maximum atomic E-state index is 12.3. The van der Waals surface area contributed by atoms with Crippen molar-refractivity contribution in [1.29, 1.82) is 0 Å². The summed E-state index contributed by atoms with van der Waals surface area (Å²) in [4.78, 5) is 4.05. The smallest absolute Gasteiger partial charge is 0.258 e.